The van der Waals surface area contributed by atoms with Gasteiger partial charge in [0.15, 0.2) is 4.80 Å². The van der Waals surface area contributed by atoms with Crippen molar-refractivity contribution >= 4 is 23.4 Å². The van der Waals surface area contributed by atoms with Gasteiger partial charge in [0.1, 0.15) is 18.1 Å². The molecule has 0 amide bonds. The third kappa shape index (κ3) is 6.04. The third-order valence-electron chi connectivity index (χ3n) is 6.67. The lowest BCUT2D eigenvalue weighted by Gasteiger charge is -2.24. The molecule has 1 aliphatic heterocycles. The molecule has 8 nitrogen and oxygen atoms in total. The Hall–Kier alpha value is -4.94. The normalized spacial score (nSPS) is 14.5. The molecule has 0 N–H and O–H groups in total. The van der Waals surface area contributed by atoms with Crippen LogP contribution in [-0.2, 0) is 16.1 Å². The van der Waals surface area contributed by atoms with Crippen molar-refractivity contribution in [3.8, 4) is 17.6 Å². The zero-order valence-electron chi connectivity index (χ0n) is 23.5. The van der Waals surface area contributed by atoms with Crippen LogP contribution in [0, 0.1) is 11.3 Å². The molecule has 4 aromatic rings. The average Bonchev–Trinajstić information content (AvgIpc) is 3.30. The molecule has 0 bridgehead atoms. The van der Waals surface area contributed by atoms with Crippen LogP contribution < -0.4 is 24.4 Å². The molecule has 3 aromatic carbocycles. The van der Waals surface area contributed by atoms with Crippen LogP contribution in [-0.4, -0.2) is 23.8 Å². The van der Waals surface area contributed by atoms with E-state index >= 15 is 0 Å². The predicted octanol–water partition coefficient (Wildman–Crippen LogP) is 4.65. The summed E-state index contributed by atoms with van der Waals surface area (Å²) in [5, 5.41) is 8.99. The number of nitrogens with zero attached hydrogens (tertiary/aromatic N) is 3. The Morgan fingerprint density at radius 1 is 1.02 bits per heavy atom. The van der Waals surface area contributed by atoms with Crippen molar-refractivity contribution in [2.24, 2.45) is 4.99 Å². The lowest BCUT2D eigenvalue weighted by Crippen LogP contribution is -2.39. The number of nitriles is 1. The molecule has 0 unspecified atom stereocenters. The molecule has 1 atom stereocenters. The average molecular weight is 580 g/mol. The highest BCUT2D eigenvalue weighted by Crippen LogP contribution is 2.31. The van der Waals surface area contributed by atoms with Gasteiger partial charge in [0.05, 0.1) is 46.7 Å². The van der Waals surface area contributed by atoms with Crippen molar-refractivity contribution < 1.29 is 19.0 Å². The summed E-state index contributed by atoms with van der Waals surface area (Å²) in [6, 6.07) is 23.5. The molecule has 0 radical (unpaired) electrons. The van der Waals surface area contributed by atoms with E-state index in [0.717, 1.165) is 16.7 Å². The lowest BCUT2D eigenvalue weighted by atomic mass is 9.96. The molecule has 1 aromatic heterocycles. The Labute approximate surface area is 247 Å². The highest BCUT2D eigenvalue weighted by Gasteiger charge is 2.33. The van der Waals surface area contributed by atoms with Gasteiger partial charge >= 0.3 is 5.97 Å². The molecule has 0 spiro atoms. The van der Waals surface area contributed by atoms with Crippen molar-refractivity contribution in [1.29, 1.82) is 5.26 Å². The smallest absolute Gasteiger partial charge is 0.338 e. The van der Waals surface area contributed by atoms with Gasteiger partial charge in [-0.05, 0) is 79.9 Å². The summed E-state index contributed by atoms with van der Waals surface area (Å²) in [6.07, 6.45) is 1.80. The summed E-state index contributed by atoms with van der Waals surface area (Å²) >= 11 is 1.27. The number of carbonyl (C=O) groups is 1. The van der Waals surface area contributed by atoms with E-state index in [0.29, 0.717) is 50.9 Å². The second kappa shape index (κ2) is 12.7. The molecule has 0 saturated carbocycles. The second-order valence-electron chi connectivity index (χ2n) is 9.47. The van der Waals surface area contributed by atoms with Crippen LogP contribution in [0.4, 0.5) is 0 Å². The maximum Gasteiger partial charge on any atom is 0.338 e. The van der Waals surface area contributed by atoms with E-state index in [2.05, 4.69) is 11.1 Å². The number of fused-ring (bicyclic) bond motifs is 1. The standard InChI is InChI=1S/C33H29N3O5S/c1-4-39-26-15-13-25(14-16-26)30-29(32(38)40-5-2)21(3)35-33-36(30)31(37)28(42-33)18-24-7-6-8-27(17-24)41-20-23-11-9-22(19-34)10-12-23/h6-18,30H,4-5,20H2,1-3H3/b28-18-/t30-/m1/s1. The number of hydrogen-bond donors (Lipinski definition) is 0. The molecule has 2 heterocycles. The molecule has 212 valence electrons. The van der Waals surface area contributed by atoms with Crippen molar-refractivity contribution in [2.75, 3.05) is 13.2 Å². The van der Waals surface area contributed by atoms with Crippen molar-refractivity contribution in [3.63, 3.8) is 0 Å². The Kier molecular flexibility index (Phi) is 8.65. The second-order valence-corrected chi connectivity index (χ2v) is 10.5. The summed E-state index contributed by atoms with van der Waals surface area (Å²) in [5.74, 6) is 0.848. The number of thiazole rings is 1. The highest BCUT2D eigenvalue weighted by atomic mass is 32.1. The van der Waals surface area contributed by atoms with E-state index in [1.165, 1.54) is 11.3 Å². The van der Waals surface area contributed by atoms with E-state index in [9.17, 15) is 9.59 Å². The van der Waals surface area contributed by atoms with Gasteiger partial charge in [-0.2, -0.15) is 5.26 Å². The van der Waals surface area contributed by atoms with Gasteiger partial charge in [-0.25, -0.2) is 9.79 Å². The monoisotopic (exact) mass is 579 g/mol. The third-order valence-corrected chi connectivity index (χ3v) is 7.65. The number of carbonyl (C=O) groups excluding carboxylic acids is 1. The van der Waals surface area contributed by atoms with E-state index in [4.69, 9.17) is 19.5 Å². The number of benzene rings is 3. The number of allylic oxidation sites excluding steroid dienone is 1. The zero-order valence-corrected chi connectivity index (χ0v) is 24.3. The topological polar surface area (TPSA) is 103 Å². The van der Waals surface area contributed by atoms with Crippen LogP contribution in [0.5, 0.6) is 11.5 Å². The molecule has 0 fully saturated rings. The van der Waals surface area contributed by atoms with Crippen LogP contribution >= 0.6 is 11.3 Å². The van der Waals surface area contributed by atoms with E-state index < -0.39 is 12.0 Å². The first-order chi connectivity index (χ1) is 20.4. The van der Waals surface area contributed by atoms with Crippen LogP contribution in [0.25, 0.3) is 6.08 Å². The molecule has 5 rings (SSSR count). The highest BCUT2D eigenvalue weighted by molar-refractivity contribution is 7.07. The minimum Gasteiger partial charge on any atom is -0.494 e. The fourth-order valence-corrected chi connectivity index (χ4v) is 5.75. The van der Waals surface area contributed by atoms with Gasteiger partial charge in [0.2, 0.25) is 0 Å². The number of hydrogen-bond acceptors (Lipinski definition) is 8. The van der Waals surface area contributed by atoms with Gasteiger partial charge in [-0.3, -0.25) is 9.36 Å². The largest absolute Gasteiger partial charge is 0.494 e. The molecule has 9 heteroatoms. The molecular weight excluding hydrogens is 550 g/mol. The molecule has 42 heavy (non-hydrogen) atoms. The summed E-state index contributed by atoms with van der Waals surface area (Å²) in [7, 11) is 0. The van der Waals surface area contributed by atoms with Crippen LogP contribution in [0.1, 0.15) is 49.1 Å². The van der Waals surface area contributed by atoms with Crippen LogP contribution in [0.3, 0.4) is 0 Å². The number of rotatable bonds is 9. The molecule has 1 aliphatic rings. The van der Waals surface area contributed by atoms with Gasteiger partial charge in [0, 0.05) is 0 Å². The molecule has 0 aliphatic carbocycles. The minimum atomic E-state index is -0.694. The predicted molar refractivity (Wildman–Crippen MR) is 160 cm³/mol. The quantitative estimate of drug-likeness (QED) is 0.268. The van der Waals surface area contributed by atoms with E-state index in [-0.39, 0.29) is 12.2 Å². The van der Waals surface area contributed by atoms with E-state index in [1.54, 1.807) is 36.6 Å². The van der Waals surface area contributed by atoms with E-state index in [1.807, 2.05) is 67.6 Å². The van der Waals surface area contributed by atoms with Crippen molar-refractivity contribution in [3.05, 3.63) is 126 Å². The Bertz CT molecular complexity index is 1860. The first kappa shape index (κ1) is 28.6. The summed E-state index contributed by atoms with van der Waals surface area (Å²) < 4.78 is 19.0. The number of aromatic nitrogens is 1. The fourth-order valence-electron chi connectivity index (χ4n) is 4.71. The summed E-state index contributed by atoms with van der Waals surface area (Å²) in [6.45, 7) is 6.50. The molecule has 0 saturated heterocycles. The Morgan fingerprint density at radius 2 is 1.79 bits per heavy atom. The van der Waals surface area contributed by atoms with Crippen LogP contribution in [0.2, 0.25) is 0 Å². The summed E-state index contributed by atoms with van der Waals surface area (Å²) in [5.41, 5.74) is 3.66. The van der Waals surface area contributed by atoms with Crippen molar-refractivity contribution in [1.82, 2.24) is 4.57 Å². The first-order valence-electron chi connectivity index (χ1n) is 13.6. The molecular formula is C33H29N3O5S. The zero-order chi connectivity index (χ0) is 29.6. The SMILES string of the molecule is CCOC(=O)C1=C(C)N=c2s/c(=C\c3cccc(OCc4ccc(C#N)cc4)c3)c(=O)n2[C@@H]1c1ccc(OCC)cc1. The maximum absolute atomic E-state index is 13.9. The van der Waals surface area contributed by atoms with Gasteiger partial charge in [-0.15, -0.1) is 0 Å². The first-order valence-corrected chi connectivity index (χ1v) is 14.4. The maximum atomic E-state index is 13.9. The fraction of sp³-hybridized carbons (Fsp3) is 0.212. The van der Waals surface area contributed by atoms with Gasteiger partial charge in [0.25, 0.3) is 5.56 Å². The van der Waals surface area contributed by atoms with Crippen molar-refractivity contribution in [2.45, 2.75) is 33.4 Å². The Balaban J connectivity index is 1.51. The Morgan fingerprint density at radius 3 is 2.48 bits per heavy atom. The lowest BCUT2D eigenvalue weighted by molar-refractivity contribution is -0.139. The van der Waals surface area contributed by atoms with Gasteiger partial charge in [-0.1, -0.05) is 47.7 Å². The van der Waals surface area contributed by atoms with Crippen LogP contribution in [0.15, 0.2) is 93.9 Å². The number of esters is 1. The number of ether oxygens (including phenoxy) is 3. The minimum absolute atomic E-state index is 0.208. The van der Waals surface area contributed by atoms with Gasteiger partial charge < -0.3 is 14.2 Å². The summed E-state index contributed by atoms with van der Waals surface area (Å²) in [4.78, 5) is 32.1.